The van der Waals surface area contributed by atoms with Gasteiger partial charge in [0.2, 0.25) is 5.95 Å². The Bertz CT molecular complexity index is 860. The van der Waals surface area contributed by atoms with Gasteiger partial charge in [-0.2, -0.15) is 5.26 Å². The van der Waals surface area contributed by atoms with Crippen molar-refractivity contribution in [1.82, 2.24) is 14.5 Å². The van der Waals surface area contributed by atoms with Gasteiger partial charge in [-0.25, -0.2) is 14.4 Å². The Morgan fingerprint density at radius 3 is 2.85 bits per heavy atom. The molecule has 0 unspecified atom stereocenters. The molecule has 20 heavy (non-hydrogen) atoms. The van der Waals surface area contributed by atoms with Crippen LogP contribution in [0.1, 0.15) is 11.1 Å². The Morgan fingerprint density at radius 2 is 2.15 bits per heavy atom. The van der Waals surface area contributed by atoms with Crippen molar-refractivity contribution in [3.05, 3.63) is 47.4 Å². The minimum absolute atomic E-state index is 0.154. The molecule has 0 aliphatic heterocycles. The minimum atomic E-state index is -0.544. The number of hydrogen-bond donors (Lipinski definition) is 1. The number of aryl methyl sites for hydroxylation is 1. The zero-order chi connectivity index (χ0) is 14.3. The molecular weight excluding hydrogens is 257 g/mol. The highest BCUT2D eigenvalue weighted by Crippen LogP contribution is 2.24. The van der Waals surface area contributed by atoms with E-state index in [9.17, 15) is 4.39 Å². The largest absolute Gasteiger partial charge is 0.369 e. The molecular formula is C14H10FN5. The summed E-state index contributed by atoms with van der Waals surface area (Å²) in [5.41, 5.74) is 8.36. The van der Waals surface area contributed by atoms with Crippen LogP contribution in [-0.2, 0) is 0 Å². The first kappa shape index (κ1) is 12.1. The monoisotopic (exact) mass is 267 g/mol. The van der Waals surface area contributed by atoms with Crippen LogP contribution in [0.2, 0.25) is 0 Å². The standard InChI is InChI=1S/C14H10FN5/c1-8-4-11-13(18-7-8)20(14(17)19-11)12-3-2-9(6-16)5-10(12)15/h2-5,7H,1H3,(H2,17,19). The van der Waals surface area contributed by atoms with E-state index in [-0.39, 0.29) is 17.2 Å². The van der Waals surface area contributed by atoms with E-state index >= 15 is 0 Å². The van der Waals surface area contributed by atoms with E-state index in [0.29, 0.717) is 11.2 Å². The van der Waals surface area contributed by atoms with E-state index in [1.165, 1.54) is 16.7 Å². The van der Waals surface area contributed by atoms with Gasteiger partial charge in [0.05, 0.1) is 17.3 Å². The second-order valence-corrected chi connectivity index (χ2v) is 4.44. The smallest absolute Gasteiger partial charge is 0.207 e. The van der Waals surface area contributed by atoms with Crippen molar-refractivity contribution in [1.29, 1.82) is 5.26 Å². The highest BCUT2D eigenvalue weighted by molar-refractivity contribution is 5.77. The average molecular weight is 267 g/mol. The molecule has 0 aliphatic rings. The van der Waals surface area contributed by atoms with E-state index in [4.69, 9.17) is 11.0 Å². The lowest BCUT2D eigenvalue weighted by Crippen LogP contribution is -2.04. The topological polar surface area (TPSA) is 80.5 Å². The lowest BCUT2D eigenvalue weighted by Gasteiger charge is -2.07. The first-order chi connectivity index (χ1) is 9.60. The number of imidazole rings is 1. The van der Waals surface area contributed by atoms with Gasteiger partial charge < -0.3 is 5.73 Å². The molecule has 0 saturated carbocycles. The van der Waals surface area contributed by atoms with Gasteiger partial charge in [0.1, 0.15) is 11.3 Å². The summed E-state index contributed by atoms with van der Waals surface area (Å²) in [5.74, 6) is -0.390. The molecule has 0 atom stereocenters. The van der Waals surface area contributed by atoms with E-state index in [1.807, 2.05) is 19.1 Å². The van der Waals surface area contributed by atoms with E-state index < -0.39 is 5.82 Å². The summed E-state index contributed by atoms with van der Waals surface area (Å²) in [6.45, 7) is 1.89. The number of aromatic nitrogens is 3. The molecule has 3 rings (SSSR count). The van der Waals surface area contributed by atoms with Crippen LogP contribution < -0.4 is 5.73 Å². The Kier molecular flexibility index (Phi) is 2.61. The zero-order valence-electron chi connectivity index (χ0n) is 10.6. The van der Waals surface area contributed by atoms with Gasteiger partial charge in [-0.15, -0.1) is 0 Å². The minimum Gasteiger partial charge on any atom is -0.369 e. The number of fused-ring (bicyclic) bond motifs is 1. The van der Waals surface area contributed by atoms with Crippen LogP contribution in [-0.4, -0.2) is 14.5 Å². The summed E-state index contributed by atoms with van der Waals surface area (Å²) in [4.78, 5) is 8.43. The molecule has 0 saturated heterocycles. The number of benzene rings is 1. The number of nitrogen functional groups attached to an aromatic ring is 1. The summed E-state index contributed by atoms with van der Waals surface area (Å²) < 4.78 is 15.5. The molecule has 6 heteroatoms. The number of pyridine rings is 1. The van der Waals surface area contributed by atoms with Gasteiger partial charge in [0.25, 0.3) is 0 Å². The molecule has 5 nitrogen and oxygen atoms in total. The third-order valence-electron chi connectivity index (χ3n) is 2.98. The van der Waals surface area contributed by atoms with Crippen LogP contribution >= 0.6 is 0 Å². The molecule has 0 bridgehead atoms. The number of halogens is 1. The molecule has 0 radical (unpaired) electrons. The highest BCUT2D eigenvalue weighted by Gasteiger charge is 2.15. The fourth-order valence-corrected chi connectivity index (χ4v) is 2.08. The van der Waals surface area contributed by atoms with Crippen molar-refractivity contribution in [3.8, 4) is 11.8 Å². The first-order valence-electron chi connectivity index (χ1n) is 5.91. The van der Waals surface area contributed by atoms with Crippen molar-refractivity contribution in [2.45, 2.75) is 6.92 Å². The van der Waals surface area contributed by atoms with Gasteiger partial charge in [-0.3, -0.25) is 4.57 Å². The predicted octanol–water partition coefficient (Wildman–Crippen LogP) is 2.32. The van der Waals surface area contributed by atoms with Crippen molar-refractivity contribution in [2.24, 2.45) is 0 Å². The Morgan fingerprint density at radius 1 is 1.35 bits per heavy atom. The van der Waals surface area contributed by atoms with Gasteiger partial charge >= 0.3 is 0 Å². The number of anilines is 1. The van der Waals surface area contributed by atoms with Gasteiger partial charge in [0.15, 0.2) is 5.65 Å². The second-order valence-electron chi connectivity index (χ2n) is 4.44. The Balaban J connectivity index is 2.30. The molecule has 0 spiro atoms. The number of nitrogens with two attached hydrogens (primary N) is 1. The first-order valence-corrected chi connectivity index (χ1v) is 5.91. The van der Waals surface area contributed by atoms with Gasteiger partial charge in [0, 0.05) is 6.20 Å². The molecule has 3 aromatic rings. The zero-order valence-corrected chi connectivity index (χ0v) is 10.6. The number of rotatable bonds is 1. The lowest BCUT2D eigenvalue weighted by atomic mass is 10.2. The number of nitriles is 1. The van der Waals surface area contributed by atoms with E-state index in [0.717, 1.165) is 11.6 Å². The third-order valence-corrected chi connectivity index (χ3v) is 2.98. The van der Waals surface area contributed by atoms with Gasteiger partial charge in [-0.1, -0.05) is 0 Å². The molecule has 2 N–H and O–H groups in total. The second kappa shape index (κ2) is 4.31. The Hall–Kier alpha value is -2.94. The third kappa shape index (κ3) is 1.77. The summed E-state index contributed by atoms with van der Waals surface area (Å²) in [6.07, 6.45) is 1.67. The number of hydrogen-bond acceptors (Lipinski definition) is 4. The maximum Gasteiger partial charge on any atom is 0.207 e. The Labute approximate surface area is 114 Å². The summed E-state index contributed by atoms with van der Waals surface area (Å²) in [7, 11) is 0. The van der Waals surface area contributed by atoms with Crippen LogP contribution in [0.25, 0.3) is 16.9 Å². The number of nitrogens with zero attached hydrogens (tertiary/aromatic N) is 4. The van der Waals surface area contributed by atoms with Crippen molar-refractivity contribution in [2.75, 3.05) is 5.73 Å². The normalized spacial score (nSPS) is 10.7. The molecule has 0 fully saturated rings. The van der Waals surface area contributed by atoms with E-state index in [1.54, 1.807) is 6.20 Å². The average Bonchev–Trinajstić information content (AvgIpc) is 2.73. The summed E-state index contributed by atoms with van der Waals surface area (Å²) in [5, 5.41) is 8.77. The predicted molar refractivity (Wildman–Crippen MR) is 72.7 cm³/mol. The molecule has 0 aliphatic carbocycles. The van der Waals surface area contributed by atoms with Crippen molar-refractivity contribution in [3.63, 3.8) is 0 Å². The molecule has 0 amide bonds. The molecule has 1 aromatic carbocycles. The fourth-order valence-electron chi connectivity index (χ4n) is 2.08. The van der Waals surface area contributed by atoms with Crippen LogP contribution in [0.5, 0.6) is 0 Å². The van der Waals surface area contributed by atoms with Crippen LogP contribution in [0, 0.1) is 24.1 Å². The van der Waals surface area contributed by atoms with Gasteiger partial charge in [-0.05, 0) is 36.8 Å². The molecule has 2 heterocycles. The SMILES string of the molecule is Cc1cnc2c(c1)nc(N)n2-c1ccc(C#N)cc1F. The van der Waals surface area contributed by atoms with E-state index in [2.05, 4.69) is 9.97 Å². The quantitative estimate of drug-likeness (QED) is 0.733. The van der Waals surface area contributed by atoms with Crippen molar-refractivity contribution < 1.29 is 4.39 Å². The van der Waals surface area contributed by atoms with Crippen LogP contribution in [0.4, 0.5) is 10.3 Å². The highest BCUT2D eigenvalue weighted by atomic mass is 19.1. The lowest BCUT2D eigenvalue weighted by molar-refractivity contribution is 0.619. The fraction of sp³-hybridized carbons (Fsp3) is 0.0714. The maximum atomic E-state index is 14.1. The molecule has 98 valence electrons. The van der Waals surface area contributed by atoms with Crippen LogP contribution in [0.3, 0.4) is 0 Å². The van der Waals surface area contributed by atoms with Crippen LogP contribution in [0.15, 0.2) is 30.5 Å². The molecule has 2 aromatic heterocycles. The summed E-state index contributed by atoms with van der Waals surface area (Å²) in [6, 6.07) is 7.90. The van der Waals surface area contributed by atoms with Crippen molar-refractivity contribution >= 4 is 17.1 Å². The summed E-state index contributed by atoms with van der Waals surface area (Å²) >= 11 is 0. The maximum absolute atomic E-state index is 14.1.